The molecule has 1 saturated heterocycles. The van der Waals surface area contributed by atoms with Crippen LogP contribution >= 0.6 is 11.3 Å². The molecule has 1 amide bonds. The summed E-state index contributed by atoms with van der Waals surface area (Å²) in [6.07, 6.45) is 1.65. The number of aromatic nitrogens is 1. The number of rotatable bonds is 3. The monoisotopic (exact) mass is 381 g/mol. The van der Waals surface area contributed by atoms with E-state index in [1.54, 1.807) is 11.3 Å². The number of nitrogens with one attached hydrogen (secondary N) is 1. The van der Waals surface area contributed by atoms with Gasteiger partial charge in [0, 0.05) is 30.8 Å². The first-order valence-corrected chi connectivity index (χ1v) is 9.89. The summed E-state index contributed by atoms with van der Waals surface area (Å²) in [7, 11) is 0. The summed E-state index contributed by atoms with van der Waals surface area (Å²) in [5.74, 6) is 1.48. The smallest absolute Gasteiger partial charge is 0.231 e. The SMILES string of the molecule is O=C(Nc1ccc2c(c1)OCO2)C1CCN(c2nc3ccccc3s2)CC1. The van der Waals surface area contributed by atoms with Crippen LogP contribution in [-0.4, -0.2) is 30.8 Å². The second-order valence-electron chi connectivity index (χ2n) is 6.78. The summed E-state index contributed by atoms with van der Waals surface area (Å²) < 4.78 is 11.9. The largest absolute Gasteiger partial charge is 0.454 e. The zero-order chi connectivity index (χ0) is 18.2. The van der Waals surface area contributed by atoms with E-state index >= 15 is 0 Å². The fourth-order valence-electron chi connectivity index (χ4n) is 3.55. The molecule has 0 radical (unpaired) electrons. The molecule has 2 aliphatic rings. The van der Waals surface area contributed by atoms with Crippen molar-refractivity contribution in [3.63, 3.8) is 0 Å². The van der Waals surface area contributed by atoms with E-state index in [4.69, 9.17) is 14.5 Å². The van der Waals surface area contributed by atoms with E-state index in [2.05, 4.69) is 16.3 Å². The molecule has 2 aliphatic heterocycles. The van der Waals surface area contributed by atoms with Crippen LogP contribution in [0.4, 0.5) is 10.8 Å². The highest BCUT2D eigenvalue weighted by Crippen LogP contribution is 2.35. The Hall–Kier alpha value is -2.80. The van der Waals surface area contributed by atoms with E-state index in [0.717, 1.165) is 48.0 Å². The van der Waals surface area contributed by atoms with Crippen molar-refractivity contribution >= 4 is 38.3 Å². The molecule has 1 fully saturated rings. The zero-order valence-corrected chi connectivity index (χ0v) is 15.5. The summed E-state index contributed by atoms with van der Waals surface area (Å²) in [6.45, 7) is 1.93. The average molecular weight is 381 g/mol. The maximum Gasteiger partial charge on any atom is 0.231 e. The van der Waals surface area contributed by atoms with Crippen molar-refractivity contribution in [3.05, 3.63) is 42.5 Å². The fraction of sp³-hybridized carbons (Fsp3) is 0.300. The van der Waals surface area contributed by atoms with Crippen molar-refractivity contribution in [2.45, 2.75) is 12.8 Å². The highest BCUT2D eigenvalue weighted by atomic mass is 32.1. The van der Waals surface area contributed by atoms with Crippen molar-refractivity contribution in [1.82, 2.24) is 4.98 Å². The van der Waals surface area contributed by atoms with Crippen molar-refractivity contribution in [2.75, 3.05) is 30.1 Å². The van der Waals surface area contributed by atoms with Crippen molar-refractivity contribution in [3.8, 4) is 11.5 Å². The van der Waals surface area contributed by atoms with Crippen molar-refractivity contribution < 1.29 is 14.3 Å². The van der Waals surface area contributed by atoms with Crippen LogP contribution in [0.2, 0.25) is 0 Å². The molecule has 0 atom stereocenters. The highest BCUT2D eigenvalue weighted by Gasteiger charge is 2.27. The normalized spacial score (nSPS) is 16.7. The number of amides is 1. The topological polar surface area (TPSA) is 63.7 Å². The van der Waals surface area contributed by atoms with Gasteiger partial charge in [-0.3, -0.25) is 4.79 Å². The molecule has 3 aromatic rings. The Bertz CT molecular complexity index is 962. The van der Waals surface area contributed by atoms with Crippen LogP contribution in [0, 0.1) is 5.92 Å². The number of hydrogen-bond donors (Lipinski definition) is 1. The third-order valence-corrected chi connectivity index (χ3v) is 6.16. The number of para-hydroxylation sites is 1. The van der Waals surface area contributed by atoms with Crippen LogP contribution in [0.5, 0.6) is 11.5 Å². The first-order valence-electron chi connectivity index (χ1n) is 9.07. The highest BCUT2D eigenvalue weighted by molar-refractivity contribution is 7.22. The molecule has 2 aromatic carbocycles. The number of carbonyl (C=O) groups is 1. The maximum atomic E-state index is 12.6. The Balaban J connectivity index is 1.21. The minimum absolute atomic E-state index is 0.0149. The van der Waals surface area contributed by atoms with Gasteiger partial charge in [0.2, 0.25) is 12.7 Å². The minimum atomic E-state index is 0.0149. The van der Waals surface area contributed by atoms with E-state index in [0.29, 0.717) is 5.75 Å². The van der Waals surface area contributed by atoms with E-state index < -0.39 is 0 Å². The standard InChI is InChI=1S/C20H19N3O3S/c24-19(21-14-5-6-16-17(11-14)26-12-25-16)13-7-9-23(10-8-13)20-22-15-3-1-2-4-18(15)27-20/h1-6,11,13H,7-10,12H2,(H,21,24). The minimum Gasteiger partial charge on any atom is -0.454 e. The summed E-state index contributed by atoms with van der Waals surface area (Å²) in [4.78, 5) is 19.6. The Morgan fingerprint density at radius 2 is 1.93 bits per heavy atom. The van der Waals surface area contributed by atoms with Gasteiger partial charge in [-0.05, 0) is 37.1 Å². The lowest BCUT2D eigenvalue weighted by atomic mass is 9.96. The number of benzene rings is 2. The first-order chi connectivity index (χ1) is 13.3. The van der Waals surface area contributed by atoms with Gasteiger partial charge >= 0.3 is 0 Å². The summed E-state index contributed by atoms with van der Waals surface area (Å²) in [5, 5.41) is 4.06. The van der Waals surface area contributed by atoms with E-state index in [-0.39, 0.29) is 18.6 Å². The fourth-order valence-corrected chi connectivity index (χ4v) is 4.56. The first kappa shape index (κ1) is 16.4. The summed E-state index contributed by atoms with van der Waals surface area (Å²) >= 11 is 1.72. The van der Waals surface area contributed by atoms with Gasteiger partial charge in [0.05, 0.1) is 10.2 Å². The van der Waals surface area contributed by atoms with Gasteiger partial charge in [0.25, 0.3) is 0 Å². The number of thiazole rings is 1. The Kier molecular flexibility index (Phi) is 4.09. The lowest BCUT2D eigenvalue weighted by Crippen LogP contribution is -2.38. The number of hydrogen-bond acceptors (Lipinski definition) is 6. The van der Waals surface area contributed by atoms with Crippen LogP contribution in [-0.2, 0) is 4.79 Å². The molecule has 27 heavy (non-hydrogen) atoms. The Morgan fingerprint density at radius 1 is 1.11 bits per heavy atom. The maximum absolute atomic E-state index is 12.6. The number of piperidine rings is 1. The van der Waals surface area contributed by atoms with Crippen LogP contribution in [0.15, 0.2) is 42.5 Å². The molecular formula is C20H19N3O3S. The quantitative estimate of drug-likeness (QED) is 0.746. The molecular weight excluding hydrogens is 362 g/mol. The van der Waals surface area contributed by atoms with E-state index in [1.807, 2.05) is 36.4 Å². The van der Waals surface area contributed by atoms with Crippen molar-refractivity contribution in [2.24, 2.45) is 5.92 Å². The van der Waals surface area contributed by atoms with Gasteiger partial charge in [-0.2, -0.15) is 0 Å². The lowest BCUT2D eigenvalue weighted by Gasteiger charge is -2.31. The number of ether oxygens (including phenoxy) is 2. The molecule has 3 heterocycles. The number of fused-ring (bicyclic) bond motifs is 2. The van der Waals surface area contributed by atoms with Crippen LogP contribution < -0.4 is 19.7 Å². The number of anilines is 2. The van der Waals surface area contributed by atoms with Gasteiger partial charge in [-0.1, -0.05) is 23.5 Å². The predicted octanol–water partition coefficient (Wildman–Crippen LogP) is 3.88. The Morgan fingerprint density at radius 3 is 2.78 bits per heavy atom. The molecule has 6 nitrogen and oxygen atoms in total. The Labute approximate surface area is 160 Å². The van der Waals surface area contributed by atoms with Gasteiger partial charge < -0.3 is 19.7 Å². The molecule has 0 spiro atoms. The number of carbonyl (C=O) groups excluding carboxylic acids is 1. The van der Waals surface area contributed by atoms with Gasteiger partial charge in [0.15, 0.2) is 16.6 Å². The molecule has 1 N–H and O–H groups in total. The van der Waals surface area contributed by atoms with Gasteiger partial charge in [-0.25, -0.2) is 4.98 Å². The van der Waals surface area contributed by atoms with Crippen LogP contribution in [0.25, 0.3) is 10.2 Å². The van der Waals surface area contributed by atoms with Crippen LogP contribution in [0.1, 0.15) is 12.8 Å². The predicted molar refractivity (Wildman–Crippen MR) is 106 cm³/mol. The lowest BCUT2D eigenvalue weighted by molar-refractivity contribution is -0.120. The second kappa shape index (κ2) is 6.74. The van der Waals surface area contributed by atoms with Crippen LogP contribution in [0.3, 0.4) is 0 Å². The third-order valence-electron chi connectivity index (χ3n) is 5.06. The molecule has 138 valence electrons. The molecule has 7 heteroatoms. The van der Waals surface area contributed by atoms with Gasteiger partial charge in [0.1, 0.15) is 0 Å². The second-order valence-corrected chi connectivity index (χ2v) is 7.79. The summed E-state index contributed by atoms with van der Waals surface area (Å²) in [6, 6.07) is 13.7. The number of nitrogens with zero attached hydrogens (tertiary/aromatic N) is 2. The average Bonchev–Trinajstić information content (AvgIpc) is 3.34. The van der Waals surface area contributed by atoms with Gasteiger partial charge in [-0.15, -0.1) is 0 Å². The molecule has 0 aliphatic carbocycles. The molecule has 5 rings (SSSR count). The molecule has 0 unspecified atom stereocenters. The van der Waals surface area contributed by atoms with Crippen molar-refractivity contribution in [1.29, 1.82) is 0 Å². The van der Waals surface area contributed by atoms with E-state index in [1.165, 1.54) is 4.70 Å². The summed E-state index contributed by atoms with van der Waals surface area (Å²) in [5.41, 5.74) is 1.79. The molecule has 1 aromatic heterocycles. The molecule has 0 saturated carbocycles. The zero-order valence-electron chi connectivity index (χ0n) is 14.7. The molecule has 0 bridgehead atoms. The van der Waals surface area contributed by atoms with E-state index in [9.17, 15) is 4.79 Å². The third kappa shape index (κ3) is 3.19.